The van der Waals surface area contributed by atoms with E-state index in [4.69, 9.17) is 4.74 Å². The molecule has 1 amide bonds. The minimum Gasteiger partial charge on any atom is -0.484 e. The van der Waals surface area contributed by atoms with Crippen molar-refractivity contribution < 1.29 is 13.9 Å². The molecule has 2 aromatic rings. The molecule has 1 unspecified atom stereocenters. The number of imidazole rings is 1. The average molecular weight is 385 g/mol. The van der Waals surface area contributed by atoms with Crippen LogP contribution in [0.2, 0.25) is 0 Å². The number of carbonyl (C=O) groups excluding carboxylic acids is 1. The van der Waals surface area contributed by atoms with E-state index in [0.717, 1.165) is 32.5 Å². The largest absolute Gasteiger partial charge is 0.484 e. The van der Waals surface area contributed by atoms with Gasteiger partial charge in [0.1, 0.15) is 17.4 Å². The van der Waals surface area contributed by atoms with Crippen LogP contribution in [0.3, 0.4) is 0 Å². The van der Waals surface area contributed by atoms with Crippen molar-refractivity contribution in [1.29, 1.82) is 0 Å². The lowest BCUT2D eigenvalue weighted by molar-refractivity contribution is -0.135. The van der Waals surface area contributed by atoms with Gasteiger partial charge in [0, 0.05) is 37.4 Å². The van der Waals surface area contributed by atoms with Gasteiger partial charge in [-0.2, -0.15) is 0 Å². The Bertz CT molecular complexity index is 814. The van der Waals surface area contributed by atoms with E-state index >= 15 is 0 Å². The van der Waals surface area contributed by atoms with Gasteiger partial charge in [-0.15, -0.1) is 0 Å². The highest BCUT2D eigenvalue weighted by Crippen LogP contribution is 2.36. The molecule has 1 aromatic heterocycles. The Morgan fingerprint density at radius 1 is 1.21 bits per heavy atom. The topological polar surface area (TPSA) is 47.4 Å². The van der Waals surface area contributed by atoms with Crippen LogP contribution < -0.4 is 4.74 Å². The van der Waals surface area contributed by atoms with Gasteiger partial charge in [0.05, 0.1) is 0 Å². The number of piperidine rings is 1. The van der Waals surface area contributed by atoms with Gasteiger partial charge in [-0.1, -0.05) is 6.42 Å². The van der Waals surface area contributed by atoms with E-state index in [1.165, 1.54) is 42.9 Å². The van der Waals surface area contributed by atoms with Crippen molar-refractivity contribution in [2.45, 2.75) is 51.5 Å². The number of rotatable bonds is 6. The predicted octanol–water partition coefficient (Wildman–Crippen LogP) is 3.92. The fourth-order valence-electron chi connectivity index (χ4n) is 4.18. The van der Waals surface area contributed by atoms with Crippen molar-refractivity contribution in [2.24, 2.45) is 5.92 Å². The molecular formula is C22H28FN3O2. The molecule has 0 radical (unpaired) electrons. The molecule has 4 rings (SSSR count). The molecule has 1 atom stereocenters. The van der Waals surface area contributed by atoms with Crippen LogP contribution in [0.1, 0.15) is 49.5 Å². The lowest BCUT2D eigenvalue weighted by Gasteiger charge is -2.34. The normalized spacial score (nSPS) is 20.1. The summed E-state index contributed by atoms with van der Waals surface area (Å²) < 4.78 is 20.9. The number of likely N-dealkylation sites (tertiary alicyclic amines) is 1. The fraction of sp³-hybridized carbons (Fsp3) is 0.545. The first kappa shape index (κ1) is 19.0. The molecule has 2 heterocycles. The summed E-state index contributed by atoms with van der Waals surface area (Å²) in [6.07, 6.45) is 7.91. The first-order valence-corrected chi connectivity index (χ1v) is 10.3. The predicted molar refractivity (Wildman–Crippen MR) is 105 cm³/mol. The Labute approximate surface area is 165 Å². The van der Waals surface area contributed by atoms with Gasteiger partial charge in [-0.25, -0.2) is 9.37 Å². The zero-order chi connectivity index (χ0) is 19.5. The van der Waals surface area contributed by atoms with Crippen LogP contribution in [0, 0.1) is 18.7 Å². The van der Waals surface area contributed by atoms with Crippen LogP contribution >= 0.6 is 0 Å². The van der Waals surface area contributed by atoms with Crippen LogP contribution in [0.4, 0.5) is 4.39 Å². The molecule has 0 N–H and O–H groups in total. The highest BCUT2D eigenvalue weighted by Gasteiger charge is 2.28. The van der Waals surface area contributed by atoms with E-state index in [2.05, 4.69) is 16.5 Å². The van der Waals surface area contributed by atoms with Crippen LogP contribution in [-0.2, 0) is 11.3 Å². The number of halogens is 1. The highest BCUT2D eigenvalue weighted by atomic mass is 19.1. The third kappa shape index (κ3) is 4.21. The van der Waals surface area contributed by atoms with Crippen molar-refractivity contribution in [1.82, 2.24) is 14.5 Å². The molecule has 0 spiro atoms. The number of aromatic nitrogens is 2. The minimum atomic E-state index is -0.311. The standard InChI is InChI=1S/C22H28FN3O2/c1-16-12-24-22(18-5-2-6-18)26(16)14-17-4-3-11-25(13-17)21(27)15-28-20-9-7-19(23)8-10-20/h7-10,12,17-18H,2-6,11,13-15H2,1H3. The molecule has 0 bridgehead atoms. The summed E-state index contributed by atoms with van der Waals surface area (Å²) >= 11 is 0. The summed E-state index contributed by atoms with van der Waals surface area (Å²) in [5.74, 6) is 2.48. The number of ether oxygens (including phenoxy) is 1. The maximum atomic E-state index is 13.0. The molecule has 1 aliphatic carbocycles. The van der Waals surface area contributed by atoms with Gasteiger partial charge < -0.3 is 14.2 Å². The van der Waals surface area contributed by atoms with Crippen LogP contribution in [-0.4, -0.2) is 40.1 Å². The summed E-state index contributed by atoms with van der Waals surface area (Å²) in [6, 6.07) is 5.77. The number of benzene rings is 1. The Hall–Kier alpha value is -2.37. The first-order chi connectivity index (χ1) is 13.6. The van der Waals surface area contributed by atoms with E-state index < -0.39 is 0 Å². The maximum absolute atomic E-state index is 13.0. The van der Waals surface area contributed by atoms with Crippen LogP contribution in [0.15, 0.2) is 30.5 Å². The van der Waals surface area contributed by atoms with E-state index in [1.54, 1.807) is 12.1 Å². The second-order valence-electron chi connectivity index (χ2n) is 8.09. The van der Waals surface area contributed by atoms with Gasteiger partial charge in [0.15, 0.2) is 6.61 Å². The lowest BCUT2D eigenvalue weighted by Crippen LogP contribution is -2.43. The minimum absolute atomic E-state index is 0.00408. The molecule has 150 valence electrons. The molecule has 6 heteroatoms. The van der Waals surface area contributed by atoms with Crippen molar-refractivity contribution in [2.75, 3.05) is 19.7 Å². The van der Waals surface area contributed by atoms with E-state index in [-0.39, 0.29) is 18.3 Å². The molecular weight excluding hydrogens is 357 g/mol. The zero-order valence-corrected chi connectivity index (χ0v) is 16.4. The Balaban J connectivity index is 1.33. The van der Waals surface area contributed by atoms with E-state index in [0.29, 0.717) is 17.6 Å². The fourth-order valence-corrected chi connectivity index (χ4v) is 4.18. The monoisotopic (exact) mass is 385 g/mol. The molecule has 1 aliphatic heterocycles. The van der Waals surface area contributed by atoms with Gasteiger partial charge in [0.25, 0.3) is 5.91 Å². The third-order valence-corrected chi connectivity index (χ3v) is 6.04. The molecule has 28 heavy (non-hydrogen) atoms. The quantitative estimate of drug-likeness (QED) is 0.757. The highest BCUT2D eigenvalue weighted by molar-refractivity contribution is 5.77. The number of hydrogen-bond donors (Lipinski definition) is 0. The molecule has 2 aliphatic rings. The van der Waals surface area contributed by atoms with Crippen molar-refractivity contribution >= 4 is 5.91 Å². The third-order valence-electron chi connectivity index (χ3n) is 6.04. The molecule has 1 aromatic carbocycles. The Morgan fingerprint density at radius 3 is 2.71 bits per heavy atom. The molecule has 2 fully saturated rings. The van der Waals surface area contributed by atoms with Gasteiger partial charge >= 0.3 is 0 Å². The van der Waals surface area contributed by atoms with E-state index in [9.17, 15) is 9.18 Å². The van der Waals surface area contributed by atoms with Crippen molar-refractivity contribution in [3.63, 3.8) is 0 Å². The number of hydrogen-bond acceptors (Lipinski definition) is 3. The number of amides is 1. The maximum Gasteiger partial charge on any atom is 0.260 e. The van der Waals surface area contributed by atoms with Gasteiger partial charge in [0.2, 0.25) is 0 Å². The van der Waals surface area contributed by atoms with E-state index in [1.807, 2.05) is 11.1 Å². The number of nitrogens with zero attached hydrogens (tertiary/aromatic N) is 3. The molecule has 1 saturated carbocycles. The second kappa shape index (κ2) is 8.33. The number of aryl methyl sites for hydroxylation is 1. The summed E-state index contributed by atoms with van der Waals surface area (Å²) in [5.41, 5.74) is 1.21. The first-order valence-electron chi connectivity index (χ1n) is 10.3. The molecule has 1 saturated heterocycles. The number of carbonyl (C=O) groups is 1. The second-order valence-corrected chi connectivity index (χ2v) is 8.09. The summed E-state index contributed by atoms with van der Waals surface area (Å²) in [7, 11) is 0. The molecule has 5 nitrogen and oxygen atoms in total. The lowest BCUT2D eigenvalue weighted by atomic mass is 9.84. The van der Waals surface area contributed by atoms with Crippen molar-refractivity contribution in [3.8, 4) is 5.75 Å². The zero-order valence-electron chi connectivity index (χ0n) is 16.4. The summed E-state index contributed by atoms with van der Waals surface area (Å²) in [4.78, 5) is 19.2. The van der Waals surface area contributed by atoms with Crippen LogP contribution in [0.25, 0.3) is 0 Å². The Morgan fingerprint density at radius 2 is 2.00 bits per heavy atom. The summed E-state index contributed by atoms with van der Waals surface area (Å²) in [6.45, 7) is 4.58. The van der Waals surface area contributed by atoms with Gasteiger partial charge in [-0.3, -0.25) is 4.79 Å². The smallest absolute Gasteiger partial charge is 0.260 e. The SMILES string of the molecule is Cc1cnc(C2CCC2)n1CC1CCCN(C(=O)COc2ccc(F)cc2)C1. The van der Waals surface area contributed by atoms with Crippen LogP contribution in [0.5, 0.6) is 5.75 Å². The Kier molecular flexibility index (Phi) is 5.64. The average Bonchev–Trinajstić information content (AvgIpc) is 3.00. The van der Waals surface area contributed by atoms with Gasteiger partial charge in [-0.05, 0) is 62.8 Å². The van der Waals surface area contributed by atoms with Crippen molar-refractivity contribution in [3.05, 3.63) is 47.8 Å². The summed E-state index contributed by atoms with van der Waals surface area (Å²) in [5, 5.41) is 0.